The van der Waals surface area contributed by atoms with Crippen molar-refractivity contribution in [3.8, 4) is 29.3 Å². The second-order valence-corrected chi connectivity index (χ2v) is 6.08. The number of carbonyl (C=O) groups excluding carboxylic acids is 2. The molecule has 0 atom stereocenters. The van der Waals surface area contributed by atoms with Gasteiger partial charge in [0.15, 0.2) is 0 Å². The van der Waals surface area contributed by atoms with Crippen molar-refractivity contribution in [3.63, 3.8) is 0 Å². The van der Waals surface area contributed by atoms with E-state index in [1.165, 1.54) is 19.5 Å². The number of esters is 1. The van der Waals surface area contributed by atoms with Crippen LogP contribution < -0.4 is 9.47 Å². The zero-order valence-corrected chi connectivity index (χ0v) is 16.1. The second kappa shape index (κ2) is 9.80. The van der Waals surface area contributed by atoms with Gasteiger partial charge in [0.05, 0.1) is 18.7 Å². The lowest BCUT2D eigenvalue weighted by Gasteiger charge is -2.11. The molecule has 8 heteroatoms. The smallest absolute Gasteiger partial charge is 0.313 e. The fraction of sp³-hybridized carbons (Fsp3) is 0.136. The number of nitrogens with zero attached hydrogens (tertiary/aromatic N) is 3. The third-order valence-corrected chi connectivity index (χ3v) is 3.98. The third-order valence-electron chi connectivity index (χ3n) is 3.98. The van der Waals surface area contributed by atoms with Crippen LogP contribution in [0.3, 0.4) is 0 Å². The quantitative estimate of drug-likeness (QED) is 0.414. The molecule has 0 aliphatic rings. The van der Waals surface area contributed by atoms with E-state index in [0.717, 1.165) is 0 Å². The second-order valence-electron chi connectivity index (χ2n) is 6.08. The predicted octanol–water partition coefficient (Wildman–Crippen LogP) is 3.61. The highest BCUT2D eigenvalue weighted by Crippen LogP contribution is 2.28. The van der Waals surface area contributed by atoms with Gasteiger partial charge in [-0.05, 0) is 18.2 Å². The normalized spacial score (nSPS) is 10.0. The van der Waals surface area contributed by atoms with Gasteiger partial charge in [0.25, 0.3) is 0 Å². The van der Waals surface area contributed by atoms with Crippen LogP contribution in [0.5, 0.6) is 23.3 Å². The van der Waals surface area contributed by atoms with Gasteiger partial charge in [0.2, 0.25) is 11.8 Å². The third kappa shape index (κ3) is 5.39. The van der Waals surface area contributed by atoms with Gasteiger partial charge >= 0.3 is 5.97 Å². The number of Topliss-reactive ketones (excluding diaryl/α,β-unsaturated/α-hetero) is 1. The Morgan fingerprint density at radius 1 is 0.967 bits per heavy atom. The average Bonchev–Trinajstić information content (AvgIpc) is 2.75. The fourth-order valence-electron chi connectivity index (χ4n) is 2.57. The molecule has 3 aromatic rings. The molecule has 0 unspecified atom stereocenters. The van der Waals surface area contributed by atoms with Crippen molar-refractivity contribution in [2.45, 2.75) is 12.8 Å². The summed E-state index contributed by atoms with van der Waals surface area (Å²) in [5.41, 5.74) is 0.968. The van der Waals surface area contributed by atoms with Crippen molar-refractivity contribution >= 4 is 11.8 Å². The van der Waals surface area contributed by atoms with Crippen molar-refractivity contribution in [2.75, 3.05) is 7.11 Å². The molecule has 0 spiro atoms. The van der Waals surface area contributed by atoms with Gasteiger partial charge in [0, 0.05) is 12.0 Å². The lowest BCUT2D eigenvalue weighted by Crippen LogP contribution is -2.11. The van der Waals surface area contributed by atoms with Crippen molar-refractivity contribution in [2.24, 2.45) is 0 Å². The molecule has 3 rings (SSSR count). The van der Waals surface area contributed by atoms with Gasteiger partial charge in [-0.15, -0.1) is 0 Å². The van der Waals surface area contributed by atoms with Crippen LogP contribution in [0.25, 0.3) is 0 Å². The number of hydrogen-bond donors (Lipinski definition) is 0. The maximum absolute atomic E-state index is 12.1. The fourth-order valence-corrected chi connectivity index (χ4v) is 2.57. The molecule has 150 valence electrons. The topological polar surface area (TPSA) is 111 Å². The first-order valence-electron chi connectivity index (χ1n) is 8.92. The molecule has 1 heterocycles. The predicted molar refractivity (Wildman–Crippen MR) is 105 cm³/mol. The number of hydrogen-bond acceptors (Lipinski definition) is 8. The molecule has 0 aliphatic carbocycles. The maximum Gasteiger partial charge on any atom is 0.313 e. The zero-order chi connectivity index (χ0) is 21.3. The van der Waals surface area contributed by atoms with E-state index < -0.39 is 5.97 Å². The minimum Gasteiger partial charge on any atom is -0.469 e. The Hall–Kier alpha value is -4.25. The van der Waals surface area contributed by atoms with Crippen LogP contribution in [0.2, 0.25) is 0 Å². The van der Waals surface area contributed by atoms with Gasteiger partial charge in [-0.25, -0.2) is 9.97 Å². The van der Waals surface area contributed by atoms with E-state index in [1.54, 1.807) is 48.5 Å². The Labute approximate surface area is 172 Å². The molecule has 0 saturated carbocycles. The van der Waals surface area contributed by atoms with E-state index in [4.69, 9.17) is 9.47 Å². The summed E-state index contributed by atoms with van der Waals surface area (Å²) in [6.07, 6.45) is 0.967. The summed E-state index contributed by atoms with van der Waals surface area (Å²) in [4.78, 5) is 31.5. The van der Waals surface area contributed by atoms with Crippen LogP contribution in [0.4, 0.5) is 0 Å². The highest BCUT2D eigenvalue weighted by Gasteiger charge is 2.14. The average molecular weight is 403 g/mol. The standard InChI is InChI=1S/C22H17N3O5/c1-28-22(27)11-17(26)10-15-6-2-4-8-18(15)29-20-12-21(25-14-24-20)30-19-9-5-3-7-16(19)13-23/h2-9,12,14H,10-11H2,1H3. The summed E-state index contributed by atoms with van der Waals surface area (Å²) in [6, 6.07) is 17.2. The number of aromatic nitrogens is 2. The number of rotatable bonds is 8. The summed E-state index contributed by atoms with van der Waals surface area (Å²) in [7, 11) is 1.23. The van der Waals surface area contributed by atoms with Gasteiger partial charge in [-0.2, -0.15) is 5.26 Å². The van der Waals surface area contributed by atoms with Gasteiger partial charge < -0.3 is 14.2 Å². The largest absolute Gasteiger partial charge is 0.469 e. The summed E-state index contributed by atoms with van der Waals surface area (Å²) >= 11 is 0. The summed E-state index contributed by atoms with van der Waals surface area (Å²) in [5, 5.41) is 9.17. The highest BCUT2D eigenvalue weighted by atomic mass is 16.5. The number of ketones is 1. The molecule has 0 N–H and O–H groups in total. The molecule has 8 nitrogen and oxygen atoms in total. The number of para-hydroxylation sites is 2. The molecule has 0 bridgehead atoms. The van der Waals surface area contributed by atoms with Gasteiger partial charge in [0.1, 0.15) is 36.1 Å². The summed E-state index contributed by atoms with van der Waals surface area (Å²) < 4.78 is 16.0. The Morgan fingerprint density at radius 2 is 1.60 bits per heavy atom. The summed E-state index contributed by atoms with van der Waals surface area (Å²) in [6.45, 7) is 0. The van der Waals surface area contributed by atoms with E-state index in [-0.39, 0.29) is 30.4 Å². The molecule has 0 saturated heterocycles. The Balaban J connectivity index is 1.76. The Morgan fingerprint density at radius 3 is 2.30 bits per heavy atom. The van der Waals surface area contributed by atoms with E-state index in [0.29, 0.717) is 22.6 Å². The van der Waals surface area contributed by atoms with Crippen molar-refractivity contribution in [1.29, 1.82) is 5.26 Å². The van der Waals surface area contributed by atoms with Crippen molar-refractivity contribution in [3.05, 3.63) is 72.1 Å². The minimum atomic E-state index is -0.589. The van der Waals surface area contributed by atoms with Crippen LogP contribution in [0.1, 0.15) is 17.5 Å². The lowest BCUT2D eigenvalue weighted by atomic mass is 10.1. The zero-order valence-electron chi connectivity index (χ0n) is 16.1. The van der Waals surface area contributed by atoms with Crippen LogP contribution in [-0.4, -0.2) is 28.8 Å². The number of carbonyl (C=O) groups is 2. The number of methoxy groups -OCH3 is 1. The molecule has 1 aromatic heterocycles. The van der Waals surface area contributed by atoms with Crippen LogP contribution in [-0.2, 0) is 20.7 Å². The van der Waals surface area contributed by atoms with Crippen LogP contribution >= 0.6 is 0 Å². The molecule has 30 heavy (non-hydrogen) atoms. The number of ether oxygens (including phenoxy) is 3. The Kier molecular flexibility index (Phi) is 6.69. The van der Waals surface area contributed by atoms with Crippen LogP contribution in [0.15, 0.2) is 60.9 Å². The monoisotopic (exact) mass is 403 g/mol. The van der Waals surface area contributed by atoms with Crippen molar-refractivity contribution < 1.29 is 23.8 Å². The van der Waals surface area contributed by atoms with Crippen molar-refractivity contribution in [1.82, 2.24) is 9.97 Å². The molecular weight excluding hydrogens is 386 g/mol. The van der Waals surface area contributed by atoms with E-state index in [9.17, 15) is 14.9 Å². The van der Waals surface area contributed by atoms with Gasteiger partial charge in [-0.1, -0.05) is 30.3 Å². The van der Waals surface area contributed by atoms with E-state index >= 15 is 0 Å². The van der Waals surface area contributed by atoms with Gasteiger partial charge in [-0.3, -0.25) is 9.59 Å². The van der Waals surface area contributed by atoms with Crippen LogP contribution in [0, 0.1) is 11.3 Å². The minimum absolute atomic E-state index is 0.00919. The molecular formula is C22H17N3O5. The SMILES string of the molecule is COC(=O)CC(=O)Cc1ccccc1Oc1cc(Oc2ccccc2C#N)ncn1. The maximum atomic E-state index is 12.1. The lowest BCUT2D eigenvalue weighted by molar-refractivity contribution is -0.143. The number of benzene rings is 2. The van der Waals surface area contributed by atoms with E-state index in [2.05, 4.69) is 14.7 Å². The summed E-state index contributed by atoms with van der Waals surface area (Å²) in [5.74, 6) is 0.284. The molecule has 0 aliphatic heterocycles. The molecule has 2 aromatic carbocycles. The molecule has 0 fully saturated rings. The molecule has 0 amide bonds. The molecule has 0 radical (unpaired) electrons. The first kappa shape index (κ1) is 20.5. The first-order valence-corrected chi connectivity index (χ1v) is 8.92. The first-order chi connectivity index (χ1) is 14.6. The highest BCUT2D eigenvalue weighted by molar-refractivity contribution is 5.96. The Bertz CT molecular complexity index is 1110. The number of nitriles is 1. The van der Waals surface area contributed by atoms with E-state index in [1.807, 2.05) is 6.07 Å².